The van der Waals surface area contributed by atoms with Crippen molar-refractivity contribution in [1.82, 2.24) is 5.32 Å². The van der Waals surface area contributed by atoms with E-state index < -0.39 is 0 Å². The molecule has 1 heterocycles. The third-order valence-corrected chi connectivity index (χ3v) is 4.00. The summed E-state index contributed by atoms with van der Waals surface area (Å²) in [5, 5.41) is 2.85. The fraction of sp³-hybridized carbons (Fsp3) is 0.267. The van der Waals surface area contributed by atoms with Gasteiger partial charge in [-0.3, -0.25) is 4.79 Å². The highest BCUT2D eigenvalue weighted by atomic mass is 35.5. The quantitative estimate of drug-likeness (QED) is 0.858. The van der Waals surface area contributed by atoms with Gasteiger partial charge in [-0.15, -0.1) is 23.7 Å². The Hall–Kier alpha value is -1.56. The van der Waals surface area contributed by atoms with Crippen LogP contribution < -0.4 is 15.8 Å². The number of nitrogens with two attached hydrogens (primary N) is 1. The Morgan fingerprint density at radius 3 is 2.57 bits per heavy atom. The SMILES string of the molecule is COc1ccc(-c2ccc(CNC(=O)CCN)s2)cc1.Cl. The Balaban J connectivity index is 0.00000220. The molecule has 0 fully saturated rings. The molecular formula is C15H19ClN2O2S. The minimum atomic E-state index is -0.00750. The van der Waals surface area contributed by atoms with Crippen LogP contribution in [0, 0.1) is 0 Å². The van der Waals surface area contributed by atoms with E-state index in [9.17, 15) is 4.79 Å². The summed E-state index contributed by atoms with van der Waals surface area (Å²) < 4.78 is 5.14. The van der Waals surface area contributed by atoms with E-state index >= 15 is 0 Å². The molecule has 0 saturated heterocycles. The monoisotopic (exact) mass is 326 g/mol. The lowest BCUT2D eigenvalue weighted by Gasteiger charge is -2.02. The van der Waals surface area contributed by atoms with Crippen LogP contribution >= 0.6 is 23.7 Å². The molecule has 0 unspecified atom stereocenters. The highest BCUT2D eigenvalue weighted by molar-refractivity contribution is 7.15. The van der Waals surface area contributed by atoms with E-state index in [0.29, 0.717) is 19.5 Å². The van der Waals surface area contributed by atoms with Gasteiger partial charge in [0, 0.05) is 22.7 Å². The minimum absolute atomic E-state index is 0. The molecule has 0 radical (unpaired) electrons. The van der Waals surface area contributed by atoms with Crippen molar-refractivity contribution in [3.63, 3.8) is 0 Å². The Morgan fingerprint density at radius 1 is 1.24 bits per heavy atom. The van der Waals surface area contributed by atoms with E-state index in [0.717, 1.165) is 16.2 Å². The molecule has 0 saturated carbocycles. The summed E-state index contributed by atoms with van der Waals surface area (Å²) in [6.45, 7) is 0.938. The first-order valence-corrected chi connectivity index (χ1v) is 7.24. The maximum absolute atomic E-state index is 11.4. The molecule has 21 heavy (non-hydrogen) atoms. The molecular weight excluding hydrogens is 308 g/mol. The van der Waals surface area contributed by atoms with E-state index in [4.69, 9.17) is 10.5 Å². The summed E-state index contributed by atoms with van der Waals surface area (Å²) in [6.07, 6.45) is 0.372. The van der Waals surface area contributed by atoms with Crippen molar-refractivity contribution in [1.29, 1.82) is 0 Å². The van der Waals surface area contributed by atoms with Crippen molar-refractivity contribution in [2.24, 2.45) is 5.73 Å². The number of amides is 1. The van der Waals surface area contributed by atoms with Gasteiger partial charge in [-0.2, -0.15) is 0 Å². The smallest absolute Gasteiger partial charge is 0.221 e. The number of ether oxygens (including phenoxy) is 1. The van der Waals surface area contributed by atoms with Crippen LogP contribution in [0.1, 0.15) is 11.3 Å². The summed E-state index contributed by atoms with van der Waals surface area (Å²) >= 11 is 1.67. The summed E-state index contributed by atoms with van der Waals surface area (Å²) in [5.41, 5.74) is 6.48. The number of carbonyl (C=O) groups excluding carboxylic acids is 1. The molecule has 3 N–H and O–H groups in total. The van der Waals surface area contributed by atoms with E-state index in [-0.39, 0.29) is 18.3 Å². The molecule has 4 nitrogen and oxygen atoms in total. The largest absolute Gasteiger partial charge is 0.497 e. The van der Waals surface area contributed by atoms with Crippen LogP contribution in [0.4, 0.5) is 0 Å². The van der Waals surface area contributed by atoms with Gasteiger partial charge in [-0.1, -0.05) is 0 Å². The molecule has 2 aromatic rings. The maximum atomic E-state index is 11.4. The molecule has 1 aromatic carbocycles. The second kappa shape index (κ2) is 8.67. The van der Waals surface area contributed by atoms with Gasteiger partial charge in [0.1, 0.15) is 5.75 Å². The minimum Gasteiger partial charge on any atom is -0.497 e. The molecule has 0 aliphatic heterocycles. The van der Waals surface area contributed by atoms with Gasteiger partial charge in [-0.05, 0) is 42.0 Å². The molecule has 0 bridgehead atoms. The zero-order valence-electron chi connectivity index (χ0n) is 11.8. The Morgan fingerprint density at radius 2 is 1.95 bits per heavy atom. The third kappa shape index (κ3) is 5.04. The second-order valence-corrected chi connectivity index (χ2v) is 5.48. The Bertz CT molecular complexity index is 569. The molecule has 1 amide bonds. The Kier molecular flexibility index (Phi) is 7.22. The van der Waals surface area contributed by atoms with E-state index in [2.05, 4.69) is 11.4 Å². The summed E-state index contributed by atoms with van der Waals surface area (Å²) in [6, 6.07) is 12.0. The number of nitrogens with one attached hydrogen (secondary N) is 1. The van der Waals surface area contributed by atoms with Crippen LogP contribution in [0.25, 0.3) is 10.4 Å². The van der Waals surface area contributed by atoms with Crippen LogP contribution in [0.5, 0.6) is 5.75 Å². The van der Waals surface area contributed by atoms with Crippen molar-refractivity contribution in [3.05, 3.63) is 41.3 Å². The molecule has 114 valence electrons. The van der Waals surface area contributed by atoms with Gasteiger partial charge in [0.05, 0.1) is 13.7 Å². The average Bonchev–Trinajstić information content (AvgIpc) is 2.94. The van der Waals surface area contributed by atoms with Gasteiger partial charge in [0.15, 0.2) is 0 Å². The number of hydrogen-bond acceptors (Lipinski definition) is 4. The van der Waals surface area contributed by atoms with Crippen LogP contribution in [0.3, 0.4) is 0 Å². The lowest BCUT2D eigenvalue weighted by Crippen LogP contribution is -2.24. The molecule has 1 aromatic heterocycles. The topological polar surface area (TPSA) is 64.3 Å². The first-order chi connectivity index (χ1) is 9.72. The number of halogens is 1. The number of rotatable bonds is 6. The molecule has 0 aliphatic rings. The van der Waals surface area contributed by atoms with Gasteiger partial charge in [0.25, 0.3) is 0 Å². The lowest BCUT2D eigenvalue weighted by molar-refractivity contribution is -0.121. The lowest BCUT2D eigenvalue weighted by atomic mass is 10.2. The van der Waals surface area contributed by atoms with E-state index in [1.165, 1.54) is 4.88 Å². The molecule has 0 spiro atoms. The Labute approximate surface area is 134 Å². The van der Waals surface area contributed by atoms with Crippen molar-refractivity contribution >= 4 is 29.7 Å². The normalized spacial score (nSPS) is 9.81. The number of benzene rings is 1. The zero-order chi connectivity index (χ0) is 14.4. The third-order valence-electron chi connectivity index (χ3n) is 2.87. The predicted octanol–water partition coefficient (Wildman–Crippen LogP) is 2.81. The van der Waals surface area contributed by atoms with E-state index in [1.807, 2.05) is 30.3 Å². The van der Waals surface area contributed by atoms with Crippen LogP contribution in [-0.4, -0.2) is 19.6 Å². The summed E-state index contributed by atoms with van der Waals surface area (Å²) in [5.74, 6) is 0.839. The summed E-state index contributed by atoms with van der Waals surface area (Å²) in [4.78, 5) is 13.7. The van der Waals surface area contributed by atoms with Gasteiger partial charge >= 0.3 is 0 Å². The van der Waals surface area contributed by atoms with Crippen molar-refractivity contribution in [2.45, 2.75) is 13.0 Å². The van der Waals surface area contributed by atoms with Gasteiger partial charge in [0.2, 0.25) is 5.91 Å². The molecule has 0 atom stereocenters. The summed E-state index contributed by atoms with van der Waals surface area (Å²) in [7, 11) is 1.66. The first kappa shape index (κ1) is 17.5. The predicted molar refractivity (Wildman–Crippen MR) is 89.1 cm³/mol. The van der Waals surface area contributed by atoms with Crippen molar-refractivity contribution in [3.8, 4) is 16.2 Å². The number of hydrogen-bond donors (Lipinski definition) is 2. The zero-order valence-corrected chi connectivity index (χ0v) is 13.4. The fourth-order valence-corrected chi connectivity index (χ4v) is 2.74. The number of carbonyl (C=O) groups is 1. The standard InChI is InChI=1S/C15H18N2O2S.ClH/c1-19-12-4-2-11(3-5-12)14-7-6-13(20-14)10-17-15(18)8-9-16;/h2-7H,8-10,16H2,1H3,(H,17,18);1H. The highest BCUT2D eigenvalue weighted by Gasteiger charge is 2.05. The van der Waals surface area contributed by atoms with Crippen LogP contribution in [-0.2, 0) is 11.3 Å². The van der Waals surface area contributed by atoms with Gasteiger partial charge in [-0.25, -0.2) is 0 Å². The van der Waals surface area contributed by atoms with Crippen molar-refractivity contribution < 1.29 is 9.53 Å². The van der Waals surface area contributed by atoms with Crippen LogP contribution in [0.15, 0.2) is 36.4 Å². The highest BCUT2D eigenvalue weighted by Crippen LogP contribution is 2.29. The van der Waals surface area contributed by atoms with Crippen molar-refractivity contribution in [2.75, 3.05) is 13.7 Å². The fourth-order valence-electron chi connectivity index (χ4n) is 1.79. The van der Waals surface area contributed by atoms with Crippen LogP contribution in [0.2, 0.25) is 0 Å². The van der Waals surface area contributed by atoms with Gasteiger partial charge < -0.3 is 15.8 Å². The molecule has 6 heteroatoms. The maximum Gasteiger partial charge on any atom is 0.221 e. The molecule has 2 rings (SSSR count). The first-order valence-electron chi connectivity index (χ1n) is 6.43. The van der Waals surface area contributed by atoms with E-state index in [1.54, 1.807) is 18.4 Å². The molecule has 0 aliphatic carbocycles. The number of methoxy groups -OCH3 is 1. The average molecular weight is 327 g/mol. The number of thiophene rings is 1. The second-order valence-electron chi connectivity index (χ2n) is 4.31.